The van der Waals surface area contributed by atoms with E-state index in [9.17, 15) is 0 Å². The summed E-state index contributed by atoms with van der Waals surface area (Å²) in [5.41, 5.74) is 20.9. The van der Waals surface area contributed by atoms with Crippen molar-refractivity contribution >= 4 is 125 Å². The molecule has 0 saturated carbocycles. The topological polar surface area (TPSA) is 57.5 Å². The Kier molecular flexibility index (Phi) is 10.4. The fraction of sp³-hybridized carbons (Fsp3) is 0.0137. The fourth-order valence-electron chi connectivity index (χ4n) is 12.5. The quantitative estimate of drug-likeness (QED) is 0.177. The van der Waals surface area contributed by atoms with E-state index in [2.05, 4.69) is 221 Å². The number of nitrogens with zero attached hydrogens (tertiary/aromatic N) is 1. The second kappa shape index (κ2) is 18.1. The molecular weight excluding hydrogens is 1030 g/mol. The zero-order valence-electron chi connectivity index (χ0n) is 42.4. The van der Waals surface area contributed by atoms with E-state index in [0.29, 0.717) is 0 Å². The first kappa shape index (κ1) is 45.3. The van der Waals surface area contributed by atoms with Crippen molar-refractivity contribution in [2.24, 2.45) is 0 Å². The van der Waals surface area contributed by atoms with Crippen LogP contribution in [0.15, 0.2) is 277 Å². The molecule has 5 aromatic heterocycles. The summed E-state index contributed by atoms with van der Waals surface area (Å²) < 4.78 is 28.5. The average Bonchev–Trinajstić information content (AvgIpc) is 4.53. The summed E-state index contributed by atoms with van der Waals surface area (Å²) in [5, 5.41) is 11.5. The number of para-hydroxylation sites is 6. The van der Waals surface area contributed by atoms with Crippen molar-refractivity contribution in [1.29, 1.82) is 0 Å². The van der Waals surface area contributed by atoms with E-state index in [0.717, 1.165) is 127 Å². The zero-order valence-corrected chi connectivity index (χ0v) is 44.0. The van der Waals surface area contributed by atoms with Crippen molar-refractivity contribution in [3.63, 3.8) is 0 Å². The lowest BCUT2D eigenvalue weighted by Crippen LogP contribution is -1.94. The lowest BCUT2D eigenvalue weighted by Gasteiger charge is -2.09. The molecule has 0 radical (unpaired) electrons. The Bertz CT molecular complexity index is 5180. The molecule has 0 saturated heterocycles. The van der Waals surface area contributed by atoms with Gasteiger partial charge in [0.2, 0.25) is 0 Å². The van der Waals surface area contributed by atoms with Gasteiger partial charge in [-0.15, -0.1) is 0 Å². The average molecular weight is 1080 g/mol. The van der Waals surface area contributed by atoms with Gasteiger partial charge in [-0.3, -0.25) is 0 Å². The highest BCUT2D eigenvalue weighted by molar-refractivity contribution is 9.10. The molecule has 0 amide bonds. The summed E-state index contributed by atoms with van der Waals surface area (Å²) in [6, 6.07) is 88.7. The third-order valence-corrected chi connectivity index (χ3v) is 16.5. The molecule has 1 aliphatic carbocycles. The number of benzene rings is 12. The first-order valence-corrected chi connectivity index (χ1v) is 27.4. The van der Waals surface area contributed by atoms with Crippen LogP contribution in [0.2, 0.25) is 0 Å². The third kappa shape index (κ3) is 7.15. The van der Waals surface area contributed by atoms with Crippen LogP contribution >= 0.6 is 15.9 Å². The van der Waals surface area contributed by atoms with E-state index in [1.165, 1.54) is 44.1 Å². The van der Waals surface area contributed by atoms with Crippen LogP contribution in [0.5, 0.6) is 0 Å². The maximum Gasteiger partial charge on any atom is 0.159 e. The van der Waals surface area contributed by atoms with Crippen LogP contribution in [-0.4, -0.2) is 4.57 Å². The van der Waals surface area contributed by atoms with E-state index in [1.807, 2.05) is 54.6 Å². The molecule has 0 unspecified atom stereocenters. The van der Waals surface area contributed by atoms with E-state index >= 15 is 0 Å². The number of halogens is 1. The largest absolute Gasteiger partial charge is 0.456 e. The van der Waals surface area contributed by atoms with E-state index in [1.54, 1.807) is 0 Å². The fourth-order valence-corrected chi connectivity index (χ4v) is 13.0. The Morgan fingerprint density at radius 2 is 0.608 bits per heavy atom. The van der Waals surface area contributed by atoms with Crippen molar-refractivity contribution in [3.8, 4) is 39.1 Å². The Hall–Kier alpha value is -9.88. The van der Waals surface area contributed by atoms with Gasteiger partial charge in [0.25, 0.3) is 0 Å². The minimum atomic E-state index is 0.875. The molecular formula is C73H44BrNO4. The second-order valence-corrected chi connectivity index (χ2v) is 21.1. The lowest BCUT2D eigenvalue weighted by atomic mass is 9.95. The molecule has 0 N–H and O–H groups in total. The molecule has 18 rings (SSSR count). The maximum atomic E-state index is 6.70. The number of furan rings is 4. The van der Waals surface area contributed by atoms with Crippen molar-refractivity contribution in [2.75, 3.05) is 0 Å². The Balaban J connectivity index is 0.000000112. The SMILES string of the molecule is Brc1cccc2c1oc1cccc(-c3cccc4oc5ccccc5c34)c12.c1ccc2c(c1)Cc1ccccc1-2.c1ccc2c(c1)oc1cccc(-c3cccc4oc5c(-n6c7ccccc7c7ccccc76)cccc5c34)c12. The number of rotatable bonds is 3. The smallest absolute Gasteiger partial charge is 0.159 e. The van der Waals surface area contributed by atoms with Crippen molar-refractivity contribution in [2.45, 2.75) is 6.42 Å². The number of hydrogen-bond acceptors (Lipinski definition) is 4. The summed E-state index contributed by atoms with van der Waals surface area (Å²) in [6.07, 6.45) is 1.10. The molecule has 0 bridgehead atoms. The highest BCUT2D eigenvalue weighted by Crippen LogP contribution is 2.46. The van der Waals surface area contributed by atoms with E-state index < -0.39 is 0 Å². The van der Waals surface area contributed by atoms with Crippen LogP contribution in [0.4, 0.5) is 0 Å². The normalized spacial score (nSPS) is 12.1. The number of aromatic nitrogens is 1. The number of hydrogen-bond donors (Lipinski definition) is 0. The molecule has 0 aliphatic heterocycles. The minimum absolute atomic E-state index is 0.875. The van der Waals surface area contributed by atoms with Crippen LogP contribution in [0.25, 0.3) is 149 Å². The van der Waals surface area contributed by atoms with Gasteiger partial charge in [0.1, 0.15) is 39.1 Å². The summed E-state index contributed by atoms with van der Waals surface area (Å²) in [6.45, 7) is 0. The molecule has 1 aliphatic rings. The molecule has 0 atom stereocenters. The van der Waals surface area contributed by atoms with Gasteiger partial charge < -0.3 is 22.2 Å². The molecule has 0 spiro atoms. The molecule has 6 heteroatoms. The molecule has 5 heterocycles. The van der Waals surface area contributed by atoms with Crippen molar-refractivity contribution in [1.82, 2.24) is 4.57 Å². The highest BCUT2D eigenvalue weighted by Gasteiger charge is 2.23. The van der Waals surface area contributed by atoms with Gasteiger partial charge in [0, 0.05) is 53.9 Å². The van der Waals surface area contributed by atoms with Gasteiger partial charge in [-0.1, -0.05) is 194 Å². The first-order chi connectivity index (χ1) is 39.1. The lowest BCUT2D eigenvalue weighted by molar-refractivity contribution is 0.666. The standard InChI is InChI=1S/C36H21NO2.C24H13BrO2.C13H10/c1-4-16-28-22(10-1)23-11-2-5-17-29(23)37(28)30-18-7-15-27-35-25(14-9-21-33(35)39-36(27)30)24-13-8-20-32-34(24)26-12-3-6-19-31(26)38-32;25-18-10-3-9-17-23-15(8-5-13-21(23)27-24(17)18)14-7-4-12-20-22(14)16-6-1-2-11-19(16)26-20;1-3-7-12-10(5-1)9-11-6-2-4-8-13(11)12/h1-21H;1-13H;1-8H,9H2. The first-order valence-electron chi connectivity index (χ1n) is 26.6. The van der Waals surface area contributed by atoms with Crippen LogP contribution < -0.4 is 0 Å². The molecule has 0 fully saturated rings. The van der Waals surface area contributed by atoms with Gasteiger partial charge >= 0.3 is 0 Å². The van der Waals surface area contributed by atoms with Gasteiger partial charge in [0.15, 0.2) is 5.58 Å². The predicted octanol–water partition coefficient (Wildman–Crippen LogP) is 21.4. The Morgan fingerprint density at radius 3 is 1.13 bits per heavy atom. The molecule has 372 valence electrons. The van der Waals surface area contributed by atoms with Crippen molar-refractivity contribution in [3.05, 3.63) is 270 Å². The molecule has 17 aromatic rings. The minimum Gasteiger partial charge on any atom is -0.456 e. The van der Waals surface area contributed by atoms with Gasteiger partial charge in [-0.2, -0.15) is 0 Å². The molecule has 12 aromatic carbocycles. The monoisotopic (exact) mass is 1080 g/mol. The highest BCUT2D eigenvalue weighted by atomic mass is 79.9. The van der Waals surface area contributed by atoms with Gasteiger partial charge in [0.05, 0.1) is 21.2 Å². The van der Waals surface area contributed by atoms with Crippen molar-refractivity contribution < 1.29 is 17.7 Å². The third-order valence-electron chi connectivity index (χ3n) is 15.9. The van der Waals surface area contributed by atoms with Gasteiger partial charge in [-0.05, 0) is 128 Å². The van der Waals surface area contributed by atoms with E-state index in [-0.39, 0.29) is 0 Å². The van der Waals surface area contributed by atoms with Crippen LogP contribution in [0.1, 0.15) is 11.1 Å². The van der Waals surface area contributed by atoms with Crippen LogP contribution in [-0.2, 0) is 6.42 Å². The van der Waals surface area contributed by atoms with Crippen LogP contribution in [0.3, 0.4) is 0 Å². The Morgan fingerprint density at radius 1 is 0.266 bits per heavy atom. The summed E-state index contributed by atoms with van der Waals surface area (Å²) in [7, 11) is 0. The number of fused-ring (bicyclic) bond motifs is 18. The maximum absolute atomic E-state index is 6.70. The van der Waals surface area contributed by atoms with Crippen LogP contribution in [0, 0.1) is 0 Å². The summed E-state index contributed by atoms with van der Waals surface area (Å²) in [4.78, 5) is 0. The van der Waals surface area contributed by atoms with E-state index in [4.69, 9.17) is 17.7 Å². The predicted molar refractivity (Wildman–Crippen MR) is 330 cm³/mol. The summed E-state index contributed by atoms with van der Waals surface area (Å²) >= 11 is 3.61. The summed E-state index contributed by atoms with van der Waals surface area (Å²) in [5.74, 6) is 0. The second-order valence-electron chi connectivity index (χ2n) is 20.2. The molecule has 79 heavy (non-hydrogen) atoms. The van der Waals surface area contributed by atoms with Gasteiger partial charge in [-0.25, -0.2) is 0 Å². The Labute approximate surface area is 460 Å². The zero-order chi connectivity index (χ0) is 52.1. The molecule has 5 nitrogen and oxygen atoms in total.